The largest absolute Gasteiger partial charge is 1.00 e. The van der Waals surface area contributed by atoms with Crippen LogP contribution < -0.4 is 39.4 Å². The van der Waals surface area contributed by atoms with E-state index in [0.717, 1.165) is 17.5 Å². The van der Waals surface area contributed by atoms with Gasteiger partial charge in [-0.1, -0.05) is 96.3 Å². The van der Waals surface area contributed by atoms with Crippen LogP contribution in [-0.4, -0.2) is 40.2 Å². The first-order chi connectivity index (χ1) is 17.4. The maximum Gasteiger partial charge on any atom is 1.00 e. The summed E-state index contributed by atoms with van der Waals surface area (Å²) in [6.07, 6.45) is 5.48. The van der Waals surface area contributed by atoms with E-state index in [9.17, 15) is 9.90 Å². The number of carbonyl (C=O) groups is 1. The maximum absolute atomic E-state index is 12.3. The number of hydrogen-bond acceptors (Lipinski definition) is 4. The molecule has 1 amide bonds. The average Bonchev–Trinajstić information content (AvgIpc) is 3.41. The van der Waals surface area contributed by atoms with Crippen molar-refractivity contribution < 1.29 is 44.2 Å². The van der Waals surface area contributed by atoms with Gasteiger partial charge in [0.1, 0.15) is 12.9 Å². The normalized spacial score (nSPS) is 10.1. The van der Waals surface area contributed by atoms with Gasteiger partial charge in [0.25, 0.3) is 0 Å². The molecule has 1 heterocycles. The number of halogens is 3. The second-order valence-electron chi connectivity index (χ2n) is 7.65. The molecule has 4 rings (SSSR count). The number of para-hydroxylation sites is 1. The van der Waals surface area contributed by atoms with E-state index in [0.29, 0.717) is 33.9 Å². The summed E-state index contributed by atoms with van der Waals surface area (Å²) in [5.41, 5.74) is 1.75. The van der Waals surface area contributed by atoms with Gasteiger partial charge in [-0.2, -0.15) is 0 Å². The van der Waals surface area contributed by atoms with E-state index in [2.05, 4.69) is 4.98 Å². The van der Waals surface area contributed by atoms with E-state index >= 15 is 0 Å². The third-order valence-electron chi connectivity index (χ3n) is 5.03. The Morgan fingerprint density at radius 1 is 1.00 bits per heavy atom. The topological polar surface area (TPSA) is 70.4 Å². The molecule has 1 aromatic heterocycles. The van der Waals surface area contributed by atoms with Crippen LogP contribution in [0.2, 0.25) is 15.1 Å². The molecule has 0 saturated heterocycles. The van der Waals surface area contributed by atoms with Crippen LogP contribution in [0.1, 0.15) is 13.3 Å². The summed E-state index contributed by atoms with van der Waals surface area (Å²) in [6, 6.07) is 19.7. The van der Waals surface area contributed by atoms with Gasteiger partial charge in [-0.05, 0) is 29.7 Å². The van der Waals surface area contributed by atoms with E-state index < -0.39 is 0 Å². The summed E-state index contributed by atoms with van der Waals surface area (Å²) in [6.45, 7) is 3.28. The summed E-state index contributed by atoms with van der Waals surface area (Å²) in [4.78, 5) is 17.9. The molecule has 0 fully saturated rings. The van der Waals surface area contributed by atoms with Gasteiger partial charge in [-0.15, -0.1) is 5.75 Å². The molecule has 188 valence electrons. The molecule has 6 nitrogen and oxygen atoms in total. The molecule has 0 saturated carbocycles. The predicted octanol–water partition coefficient (Wildman–Crippen LogP) is 4.03. The zero-order chi connectivity index (χ0) is 25.9. The second kappa shape index (κ2) is 15.9. The van der Waals surface area contributed by atoms with Gasteiger partial charge in [0.05, 0.1) is 16.6 Å². The zero-order valence-electron chi connectivity index (χ0n) is 20.6. The number of carbonyl (C=O) groups excluding carboxylic acids is 1. The summed E-state index contributed by atoms with van der Waals surface area (Å²) in [5, 5.41) is 12.5. The predicted molar refractivity (Wildman–Crippen MR) is 143 cm³/mol. The van der Waals surface area contributed by atoms with Gasteiger partial charge in [0.15, 0.2) is 5.75 Å². The van der Waals surface area contributed by atoms with Crippen LogP contribution in [-0.2, 0) is 0 Å². The minimum atomic E-state index is -0.152. The number of hydrogen-bond donors (Lipinski definition) is 0. The molecule has 10 heteroatoms. The Kier molecular flexibility index (Phi) is 13.4. The molecule has 0 radical (unpaired) electrons. The third-order valence-corrected chi connectivity index (χ3v) is 5.81. The first-order valence-corrected chi connectivity index (χ1v) is 12.4. The number of nitrogens with zero attached hydrogens (tertiary/aromatic N) is 3. The Morgan fingerprint density at radius 3 is 2.24 bits per heavy atom. The van der Waals surface area contributed by atoms with E-state index in [4.69, 9.17) is 39.5 Å². The molecule has 3 aromatic carbocycles. The number of amides is 1. The Morgan fingerprint density at radius 2 is 1.65 bits per heavy atom. The Labute approximate surface area is 254 Å². The van der Waals surface area contributed by atoms with Crippen LogP contribution in [0.4, 0.5) is 4.79 Å². The maximum atomic E-state index is 12.3. The van der Waals surface area contributed by atoms with E-state index in [1.54, 1.807) is 41.6 Å². The fourth-order valence-electron chi connectivity index (χ4n) is 3.36. The Balaban J connectivity index is 0.000000291. The molecule has 0 unspecified atom stereocenters. The standard InChI is InChI=1S/C15H16Cl3N3O2.C12H10O.Na/c1-2-4-20(15(22)21-5-3-19-10-21)6-7-23-14-12(17)8-11(16)9-13(14)18;13-12-9-5-4-8-11(12)10-6-2-1-3-7-10;/h3,5,8-10H,2,4,6-7H2,1H3;1-9,13H;/q;;+1/p-1. The fraction of sp³-hybridized carbons (Fsp3) is 0.185. The van der Waals surface area contributed by atoms with Crippen molar-refractivity contribution in [2.45, 2.75) is 13.3 Å². The average molecular weight is 569 g/mol. The van der Waals surface area contributed by atoms with Crippen LogP contribution in [0, 0.1) is 0 Å². The van der Waals surface area contributed by atoms with E-state index in [1.165, 1.54) is 10.9 Å². The van der Waals surface area contributed by atoms with Crippen LogP contribution in [0.25, 0.3) is 11.1 Å². The van der Waals surface area contributed by atoms with E-state index in [1.807, 2.05) is 49.4 Å². The number of benzene rings is 3. The molecular formula is C27H25Cl3N3NaO3. The van der Waals surface area contributed by atoms with Gasteiger partial charge < -0.3 is 14.7 Å². The number of ether oxygens (including phenoxy) is 1. The van der Waals surface area contributed by atoms with Crippen molar-refractivity contribution in [3.8, 4) is 22.6 Å². The molecule has 0 bridgehead atoms. The smallest absolute Gasteiger partial charge is 0.872 e. The van der Waals surface area contributed by atoms with Gasteiger partial charge in [-0.25, -0.2) is 9.78 Å². The quantitative estimate of drug-likeness (QED) is 0.316. The van der Waals surface area contributed by atoms with Crippen molar-refractivity contribution >= 4 is 40.8 Å². The fourth-order valence-corrected chi connectivity index (χ4v) is 4.28. The summed E-state index contributed by atoms with van der Waals surface area (Å²) in [5.74, 6) is 0.443. The minimum absolute atomic E-state index is 0. The van der Waals surface area contributed by atoms with Crippen molar-refractivity contribution in [2.75, 3.05) is 19.7 Å². The molecule has 37 heavy (non-hydrogen) atoms. The van der Waals surface area contributed by atoms with Crippen molar-refractivity contribution in [1.29, 1.82) is 0 Å². The summed E-state index contributed by atoms with van der Waals surface area (Å²) < 4.78 is 7.05. The number of imidazole rings is 1. The van der Waals surface area contributed by atoms with Gasteiger partial charge in [0.2, 0.25) is 0 Å². The molecule has 0 N–H and O–H groups in total. The molecule has 0 aliphatic rings. The van der Waals surface area contributed by atoms with Crippen molar-refractivity contribution in [3.05, 3.63) is 101 Å². The van der Waals surface area contributed by atoms with Crippen molar-refractivity contribution in [3.63, 3.8) is 0 Å². The van der Waals surface area contributed by atoms with E-state index in [-0.39, 0.29) is 47.9 Å². The number of aromatic nitrogens is 2. The van der Waals surface area contributed by atoms with Crippen molar-refractivity contribution in [1.82, 2.24) is 14.5 Å². The zero-order valence-corrected chi connectivity index (χ0v) is 24.9. The first-order valence-electron chi connectivity index (χ1n) is 11.3. The van der Waals surface area contributed by atoms with Crippen LogP contribution in [0.5, 0.6) is 11.5 Å². The van der Waals surface area contributed by atoms with Gasteiger partial charge in [0, 0.05) is 24.0 Å². The SMILES string of the molecule is CCCN(CCOc1c(Cl)cc(Cl)cc1Cl)C(=O)n1ccnc1.[Na+].[O-]c1ccccc1-c1ccccc1. The Bertz CT molecular complexity index is 1240. The Hall–Kier alpha value is -2.19. The molecule has 0 aliphatic heterocycles. The summed E-state index contributed by atoms with van der Waals surface area (Å²) in [7, 11) is 0. The molecule has 0 aliphatic carbocycles. The number of rotatable bonds is 7. The second-order valence-corrected chi connectivity index (χ2v) is 8.90. The summed E-state index contributed by atoms with van der Waals surface area (Å²) >= 11 is 18.0. The molecule has 0 atom stereocenters. The molecule has 4 aromatic rings. The third kappa shape index (κ3) is 9.25. The first kappa shape index (κ1) is 31.0. The van der Waals surface area contributed by atoms with Gasteiger partial charge >= 0.3 is 35.6 Å². The van der Waals surface area contributed by atoms with Crippen molar-refractivity contribution in [2.24, 2.45) is 0 Å². The molecule has 0 spiro atoms. The monoisotopic (exact) mass is 567 g/mol. The van der Waals surface area contributed by atoms with Crippen LogP contribution in [0.3, 0.4) is 0 Å². The van der Waals surface area contributed by atoms with Crippen LogP contribution >= 0.6 is 34.8 Å². The minimum Gasteiger partial charge on any atom is -0.872 e. The molecular weight excluding hydrogens is 544 g/mol. The van der Waals surface area contributed by atoms with Crippen LogP contribution in [0.15, 0.2) is 85.5 Å². The van der Waals surface area contributed by atoms with Gasteiger partial charge in [-0.3, -0.25) is 4.57 Å².